The van der Waals surface area contributed by atoms with Gasteiger partial charge in [-0.25, -0.2) is 0 Å². The molecule has 21 heavy (non-hydrogen) atoms. The number of ether oxygens (including phenoxy) is 1. The average Bonchev–Trinajstić information content (AvgIpc) is 2.41. The summed E-state index contributed by atoms with van der Waals surface area (Å²) < 4.78 is 6.01. The van der Waals surface area contributed by atoms with Gasteiger partial charge in [-0.05, 0) is 52.5 Å². The molecule has 0 aromatic heterocycles. The molecule has 0 spiro atoms. The summed E-state index contributed by atoms with van der Waals surface area (Å²) in [5.41, 5.74) is 2.52. The highest BCUT2D eigenvalue weighted by Gasteiger charge is 2.12. The third-order valence-corrected chi connectivity index (χ3v) is 3.40. The first kappa shape index (κ1) is 18.0. The van der Waals surface area contributed by atoms with E-state index in [-0.39, 0.29) is 5.54 Å². The smallest absolute Gasteiger partial charge is 0.126 e. The second-order valence-corrected chi connectivity index (χ2v) is 6.65. The van der Waals surface area contributed by atoms with Crippen molar-refractivity contribution in [3.63, 3.8) is 0 Å². The van der Waals surface area contributed by atoms with Crippen LogP contribution >= 0.6 is 0 Å². The number of aliphatic hydroxyl groups excluding tert-OH is 1. The van der Waals surface area contributed by atoms with Crippen LogP contribution in [-0.4, -0.2) is 23.9 Å². The Morgan fingerprint density at radius 3 is 2.48 bits per heavy atom. The zero-order valence-corrected chi connectivity index (χ0v) is 14.0. The van der Waals surface area contributed by atoms with Crippen LogP contribution in [0.25, 0.3) is 0 Å². The van der Waals surface area contributed by atoms with Crippen molar-refractivity contribution in [2.45, 2.75) is 65.5 Å². The Kier molecular flexibility index (Phi) is 7.76. The van der Waals surface area contributed by atoms with E-state index in [0.29, 0.717) is 6.61 Å². The Labute approximate surface area is 129 Å². The molecule has 0 unspecified atom stereocenters. The van der Waals surface area contributed by atoms with E-state index in [1.807, 2.05) is 0 Å². The summed E-state index contributed by atoms with van der Waals surface area (Å²) in [6, 6.07) is 6.32. The fourth-order valence-corrected chi connectivity index (χ4v) is 2.16. The van der Waals surface area contributed by atoms with Crippen LogP contribution in [0.2, 0.25) is 0 Å². The van der Waals surface area contributed by atoms with E-state index in [9.17, 15) is 0 Å². The van der Waals surface area contributed by atoms with Gasteiger partial charge < -0.3 is 15.2 Å². The van der Waals surface area contributed by atoms with Gasteiger partial charge in [-0.15, -0.1) is 0 Å². The van der Waals surface area contributed by atoms with Crippen LogP contribution < -0.4 is 10.1 Å². The summed E-state index contributed by atoms with van der Waals surface area (Å²) in [6.07, 6.45) is 4.12. The highest BCUT2D eigenvalue weighted by atomic mass is 16.5. The number of unbranched alkanes of at least 4 members (excludes halogenated alkanes) is 3. The van der Waals surface area contributed by atoms with Crippen molar-refractivity contribution in [2.75, 3.05) is 13.2 Å². The van der Waals surface area contributed by atoms with E-state index in [2.05, 4.69) is 51.2 Å². The van der Waals surface area contributed by atoms with Gasteiger partial charge in [-0.2, -0.15) is 0 Å². The lowest BCUT2D eigenvalue weighted by Gasteiger charge is -2.22. The molecule has 0 aliphatic rings. The maximum absolute atomic E-state index is 8.76. The second kappa shape index (κ2) is 9.06. The second-order valence-electron chi connectivity index (χ2n) is 6.65. The van der Waals surface area contributed by atoms with Gasteiger partial charge in [0.1, 0.15) is 5.75 Å². The molecule has 0 bridgehead atoms. The van der Waals surface area contributed by atoms with Crippen LogP contribution in [-0.2, 0) is 6.54 Å². The minimum Gasteiger partial charge on any atom is -0.493 e. The Bertz CT molecular complexity index is 410. The molecule has 3 heteroatoms. The lowest BCUT2D eigenvalue weighted by Crippen LogP contribution is -2.35. The predicted molar refractivity (Wildman–Crippen MR) is 88.8 cm³/mol. The number of aliphatic hydroxyl groups is 1. The number of rotatable bonds is 9. The number of para-hydroxylation sites is 1. The largest absolute Gasteiger partial charge is 0.493 e. The molecule has 0 aliphatic heterocycles. The van der Waals surface area contributed by atoms with Gasteiger partial charge in [0.2, 0.25) is 0 Å². The molecule has 120 valence electrons. The zero-order valence-electron chi connectivity index (χ0n) is 14.0. The van der Waals surface area contributed by atoms with Gasteiger partial charge in [0.25, 0.3) is 0 Å². The normalized spacial score (nSPS) is 11.7. The standard InChI is InChI=1S/C18H31NO2/c1-15-10-9-11-16(14-19-18(2,3)4)17(15)21-13-8-6-5-7-12-20/h9-11,19-20H,5-8,12-14H2,1-4H3. The lowest BCUT2D eigenvalue weighted by molar-refractivity contribution is 0.272. The topological polar surface area (TPSA) is 41.5 Å². The molecule has 0 atom stereocenters. The predicted octanol–water partition coefficient (Wildman–Crippen LogP) is 3.81. The highest BCUT2D eigenvalue weighted by Crippen LogP contribution is 2.24. The minimum atomic E-state index is 0.102. The van der Waals surface area contributed by atoms with Gasteiger partial charge in [0.05, 0.1) is 6.61 Å². The summed E-state index contributed by atoms with van der Waals surface area (Å²) in [6.45, 7) is 10.5. The molecule has 0 heterocycles. The van der Waals surface area contributed by atoms with E-state index in [0.717, 1.165) is 44.6 Å². The average molecular weight is 293 g/mol. The third-order valence-electron chi connectivity index (χ3n) is 3.40. The summed E-state index contributed by atoms with van der Waals surface area (Å²) in [5.74, 6) is 1.02. The number of benzene rings is 1. The van der Waals surface area contributed by atoms with Crippen LogP contribution in [0, 0.1) is 6.92 Å². The van der Waals surface area contributed by atoms with Crippen LogP contribution in [0.4, 0.5) is 0 Å². The summed E-state index contributed by atoms with van der Waals surface area (Å²) in [5, 5.41) is 12.3. The maximum atomic E-state index is 8.76. The van der Waals surface area contributed by atoms with E-state index < -0.39 is 0 Å². The molecule has 3 nitrogen and oxygen atoms in total. The van der Waals surface area contributed by atoms with Gasteiger partial charge in [0.15, 0.2) is 0 Å². The number of nitrogens with one attached hydrogen (secondary N) is 1. The summed E-state index contributed by atoms with van der Waals surface area (Å²) >= 11 is 0. The van der Waals surface area contributed by atoms with Crippen molar-refractivity contribution >= 4 is 0 Å². The lowest BCUT2D eigenvalue weighted by atomic mass is 10.1. The van der Waals surface area contributed by atoms with E-state index in [1.54, 1.807) is 0 Å². The molecule has 1 aromatic rings. The molecular formula is C18H31NO2. The molecule has 2 N–H and O–H groups in total. The van der Waals surface area contributed by atoms with Crippen molar-refractivity contribution < 1.29 is 9.84 Å². The molecule has 0 amide bonds. The van der Waals surface area contributed by atoms with Gasteiger partial charge >= 0.3 is 0 Å². The number of hydrogen-bond donors (Lipinski definition) is 2. The zero-order chi connectivity index (χ0) is 15.7. The molecular weight excluding hydrogens is 262 g/mol. The monoisotopic (exact) mass is 293 g/mol. The van der Waals surface area contributed by atoms with E-state index in [4.69, 9.17) is 9.84 Å². The molecule has 1 aromatic carbocycles. The van der Waals surface area contributed by atoms with Gasteiger partial charge in [-0.1, -0.05) is 24.6 Å². The first-order valence-electron chi connectivity index (χ1n) is 8.01. The van der Waals surface area contributed by atoms with E-state index >= 15 is 0 Å². The number of aryl methyl sites for hydroxylation is 1. The maximum Gasteiger partial charge on any atom is 0.126 e. The summed E-state index contributed by atoms with van der Waals surface area (Å²) in [7, 11) is 0. The Balaban J connectivity index is 2.51. The van der Waals surface area contributed by atoms with Crippen LogP contribution in [0.15, 0.2) is 18.2 Å². The number of hydrogen-bond acceptors (Lipinski definition) is 3. The molecule has 0 radical (unpaired) electrons. The molecule has 0 saturated heterocycles. The Hall–Kier alpha value is -1.06. The minimum absolute atomic E-state index is 0.102. The van der Waals surface area contributed by atoms with Gasteiger partial charge in [0, 0.05) is 24.3 Å². The summed E-state index contributed by atoms with van der Waals surface area (Å²) in [4.78, 5) is 0. The van der Waals surface area contributed by atoms with E-state index in [1.165, 1.54) is 11.1 Å². The fourth-order valence-electron chi connectivity index (χ4n) is 2.16. The highest BCUT2D eigenvalue weighted by molar-refractivity contribution is 5.40. The Morgan fingerprint density at radius 1 is 1.10 bits per heavy atom. The van der Waals surface area contributed by atoms with Gasteiger partial charge in [-0.3, -0.25) is 0 Å². The van der Waals surface area contributed by atoms with Crippen molar-refractivity contribution in [2.24, 2.45) is 0 Å². The van der Waals surface area contributed by atoms with Crippen LogP contribution in [0.1, 0.15) is 57.6 Å². The molecule has 0 aliphatic carbocycles. The fraction of sp³-hybridized carbons (Fsp3) is 0.667. The van der Waals surface area contributed by atoms with Crippen LogP contribution in [0.5, 0.6) is 5.75 Å². The van der Waals surface area contributed by atoms with Crippen LogP contribution in [0.3, 0.4) is 0 Å². The molecule has 1 rings (SSSR count). The quantitative estimate of drug-likeness (QED) is 0.680. The third kappa shape index (κ3) is 7.49. The first-order chi connectivity index (χ1) is 9.94. The van der Waals surface area contributed by atoms with Crippen molar-refractivity contribution in [3.05, 3.63) is 29.3 Å². The van der Waals surface area contributed by atoms with Crippen molar-refractivity contribution in [1.82, 2.24) is 5.32 Å². The van der Waals surface area contributed by atoms with Crippen molar-refractivity contribution in [1.29, 1.82) is 0 Å². The SMILES string of the molecule is Cc1cccc(CNC(C)(C)C)c1OCCCCCCO. The molecule has 0 saturated carbocycles. The van der Waals surface area contributed by atoms with Crippen molar-refractivity contribution in [3.8, 4) is 5.75 Å². The first-order valence-corrected chi connectivity index (χ1v) is 8.01. The molecule has 0 fully saturated rings. The Morgan fingerprint density at radius 2 is 1.81 bits per heavy atom.